The van der Waals surface area contributed by atoms with E-state index in [4.69, 9.17) is 19.6 Å². The number of nitrogens with zero attached hydrogens (tertiary/aromatic N) is 4. The number of aliphatic carboxylic acids is 1. The Balaban J connectivity index is 1.47. The number of fused-ring (bicyclic) bond motifs is 1. The van der Waals surface area contributed by atoms with Crippen molar-refractivity contribution in [1.82, 2.24) is 20.7 Å². The molecule has 1 aliphatic carbocycles. The molecular weight excluding hydrogens is 536 g/mol. The second kappa shape index (κ2) is 12.6. The minimum absolute atomic E-state index is 0.00350. The molecule has 1 aromatic carbocycles. The number of esters is 1. The van der Waals surface area contributed by atoms with Gasteiger partial charge in [-0.1, -0.05) is 6.07 Å². The Hall–Kier alpha value is -4.75. The molecule has 0 aromatic heterocycles. The number of amides is 3. The van der Waals surface area contributed by atoms with Crippen LogP contribution in [-0.2, 0) is 23.9 Å². The van der Waals surface area contributed by atoms with E-state index in [0.717, 1.165) is 23.3 Å². The molecule has 0 bridgehead atoms. The summed E-state index contributed by atoms with van der Waals surface area (Å²) < 4.78 is 9.65. The van der Waals surface area contributed by atoms with Crippen molar-refractivity contribution in [3.05, 3.63) is 40.6 Å². The first-order chi connectivity index (χ1) is 19.6. The number of carbonyl (C=O) groups is 5. The van der Waals surface area contributed by atoms with Gasteiger partial charge in [-0.05, 0) is 56.9 Å². The second-order valence-corrected chi connectivity index (χ2v) is 9.79. The van der Waals surface area contributed by atoms with E-state index < -0.39 is 43.1 Å². The van der Waals surface area contributed by atoms with Crippen molar-refractivity contribution in [3.8, 4) is 0 Å². The van der Waals surface area contributed by atoms with E-state index in [0.29, 0.717) is 28.4 Å². The highest BCUT2D eigenvalue weighted by molar-refractivity contribution is 6.07. The maximum atomic E-state index is 13.4. The molecule has 4 rings (SSSR count). The zero-order valence-corrected chi connectivity index (χ0v) is 23.0. The van der Waals surface area contributed by atoms with Crippen molar-refractivity contribution in [2.24, 2.45) is 15.9 Å². The van der Waals surface area contributed by atoms with Crippen molar-refractivity contribution >= 4 is 47.7 Å². The van der Waals surface area contributed by atoms with Gasteiger partial charge in [-0.2, -0.15) is 0 Å². The molecule has 1 fully saturated rings. The Morgan fingerprint density at radius 2 is 1.93 bits per heavy atom. The number of hydrogen-bond donors (Lipinski definition) is 3. The molecule has 0 radical (unpaired) electrons. The van der Waals surface area contributed by atoms with E-state index in [2.05, 4.69) is 15.7 Å². The van der Waals surface area contributed by atoms with Gasteiger partial charge in [-0.3, -0.25) is 29.6 Å². The number of aryl methyl sites for hydroxylation is 1. The van der Waals surface area contributed by atoms with Crippen LogP contribution in [0.5, 0.6) is 0 Å². The lowest BCUT2D eigenvalue weighted by Gasteiger charge is -2.26. The van der Waals surface area contributed by atoms with E-state index >= 15 is 0 Å². The van der Waals surface area contributed by atoms with Gasteiger partial charge in [0.05, 0.1) is 31.0 Å². The zero-order valence-electron chi connectivity index (χ0n) is 23.0. The largest absolute Gasteiger partial charge is 0.481 e. The third-order valence-corrected chi connectivity index (χ3v) is 6.80. The predicted molar refractivity (Wildman–Crippen MR) is 145 cm³/mol. The Morgan fingerprint density at radius 3 is 2.61 bits per heavy atom. The van der Waals surface area contributed by atoms with E-state index in [9.17, 15) is 24.0 Å². The third kappa shape index (κ3) is 7.07. The quantitative estimate of drug-likeness (QED) is 0.279. The number of hydrogen-bond acceptors (Lipinski definition) is 10. The van der Waals surface area contributed by atoms with Crippen LogP contribution in [0.2, 0.25) is 0 Å². The fourth-order valence-corrected chi connectivity index (χ4v) is 4.32. The third-order valence-electron chi connectivity index (χ3n) is 6.80. The molecule has 14 heteroatoms. The van der Waals surface area contributed by atoms with Gasteiger partial charge in [-0.15, -0.1) is 0 Å². The van der Waals surface area contributed by atoms with E-state index in [1.54, 1.807) is 31.0 Å². The lowest BCUT2D eigenvalue weighted by atomic mass is 10.0. The monoisotopic (exact) mass is 568 g/mol. The first-order valence-electron chi connectivity index (χ1n) is 13.2. The summed E-state index contributed by atoms with van der Waals surface area (Å²) in [6.45, 7) is 4.69. The molecular formula is C27H32N6O8. The van der Waals surface area contributed by atoms with Crippen LogP contribution in [0.4, 0.5) is 10.5 Å². The van der Waals surface area contributed by atoms with Crippen LogP contribution < -0.4 is 10.7 Å². The second-order valence-electron chi connectivity index (χ2n) is 9.79. The van der Waals surface area contributed by atoms with Gasteiger partial charge in [0.2, 0.25) is 12.7 Å². The Labute approximate surface area is 236 Å². The van der Waals surface area contributed by atoms with Gasteiger partial charge in [-0.25, -0.2) is 19.7 Å². The first kappa shape index (κ1) is 29.2. The number of benzene rings is 1. The van der Waals surface area contributed by atoms with Gasteiger partial charge < -0.3 is 19.9 Å². The predicted octanol–water partition coefficient (Wildman–Crippen LogP) is 2.02. The molecule has 2 heterocycles. The number of rotatable bonds is 10. The number of carboxylic acids is 1. The van der Waals surface area contributed by atoms with Gasteiger partial charge in [0.1, 0.15) is 12.0 Å². The number of aliphatic imine (C=N–C) groups is 2. The van der Waals surface area contributed by atoms with Crippen LogP contribution in [0, 0.1) is 12.8 Å². The summed E-state index contributed by atoms with van der Waals surface area (Å²) in [4.78, 5) is 70.7. The number of ether oxygens (including phenoxy) is 2. The topological polar surface area (TPSA) is 179 Å². The average Bonchev–Trinajstić information content (AvgIpc) is 3.69. The molecule has 1 saturated carbocycles. The summed E-state index contributed by atoms with van der Waals surface area (Å²) in [6, 6.07) is 5.50. The summed E-state index contributed by atoms with van der Waals surface area (Å²) in [5.41, 5.74) is 6.10. The summed E-state index contributed by atoms with van der Waals surface area (Å²) in [6.07, 6.45) is 1.62. The molecule has 218 valence electrons. The van der Waals surface area contributed by atoms with E-state index in [-0.39, 0.29) is 31.5 Å². The fourth-order valence-electron chi connectivity index (χ4n) is 4.32. The highest BCUT2D eigenvalue weighted by Crippen LogP contribution is 2.32. The number of carbonyl (C=O) groups excluding carboxylic acids is 4. The summed E-state index contributed by atoms with van der Waals surface area (Å²) in [5, 5.41) is 13.3. The number of imide groups is 1. The standard InChI is InChI=1S/C27H32N6O8/c1-4-32(27(39)41-14-40-22(36)10-9-21(34)35)26(38)19-12-33-23(16(19)3)24(28-13-29-33)31-20-11-17(6-5-15(20)2)25(37)30-18-7-8-18/h5-6,11,13,18-19H,4,7-10,12,14H2,1-3H3,(H,30,37)(H,34,35)(H,28,29,31). The van der Waals surface area contributed by atoms with Crippen LogP contribution in [0.25, 0.3) is 0 Å². The molecule has 1 aromatic rings. The molecule has 3 N–H and O–H groups in total. The molecule has 1 atom stereocenters. The van der Waals surface area contributed by atoms with Crippen molar-refractivity contribution in [2.45, 2.75) is 52.5 Å². The van der Waals surface area contributed by atoms with Gasteiger partial charge in [0.15, 0.2) is 5.84 Å². The highest BCUT2D eigenvalue weighted by Gasteiger charge is 2.40. The normalized spacial score (nSPS) is 18.5. The molecule has 1 unspecified atom stereocenters. The maximum absolute atomic E-state index is 13.4. The molecule has 41 heavy (non-hydrogen) atoms. The van der Waals surface area contributed by atoms with Crippen LogP contribution in [0.3, 0.4) is 0 Å². The average molecular weight is 569 g/mol. The van der Waals surface area contributed by atoms with Crippen LogP contribution in [0.15, 0.2) is 39.5 Å². The number of amidine groups is 1. The Morgan fingerprint density at radius 1 is 1.17 bits per heavy atom. The maximum Gasteiger partial charge on any atom is 0.419 e. The molecule has 0 saturated heterocycles. The molecule has 3 aliphatic rings. The lowest BCUT2D eigenvalue weighted by molar-refractivity contribution is -0.155. The molecule has 2 aliphatic heterocycles. The van der Waals surface area contributed by atoms with E-state index in [1.165, 1.54) is 6.34 Å². The summed E-state index contributed by atoms with van der Waals surface area (Å²) in [5.74, 6) is -3.07. The number of carboxylic acid groups (broad SMARTS) is 1. The number of nitrogens with one attached hydrogen (secondary N) is 2. The van der Waals surface area contributed by atoms with Crippen molar-refractivity contribution in [3.63, 3.8) is 0 Å². The SMILES string of the molecule is CCN(C(=O)OCOC(=O)CCC(=O)O)C(=O)C1CN2NC=NC(=Nc3cc(C(=O)NC4CC4)ccc3C)C2=C1C. The van der Waals surface area contributed by atoms with Gasteiger partial charge in [0.25, 0.3) is 5.91 Å². The zero-order chi connectivity index (χ0) is 29.7. The summed E-state index contributed by atoms with van der Waals surface area (Å²) in [7, 11) is 0. The van der Waals surface area contributed by atoms with E-state index in [1.807, 2.05) is 13.0 Å². The molecule has 14 nitrogen and oxygen atoms in total. The smallest absolute Gasteiger partial charge is 0.419 e. The van der Waals surface area contributed by atoms with Crippen LogP contribution in [0.1, 0.15) is 55.5 Å². The van der Waals surface area contributed by atoms with Crippen LogP contribution in [-0.4, -0.2) is 83.0 Å². The first-order valence-corrected chi connectivity index (χ1v) is 13.2. The van der Waals surface area contributed by atoms with Gasteiger partial charge in [0, 0.05) is 18.2 Å². The molecule has 3 amide bonds. The minimum atomic E-state index is -1.16. The van der Waals surface area contributed by atoms with Crippen molar-refractivity contribution in [1.29, 1.82) is 0 Å². The Kier molecular flexibility index (Phi) is 9.00. The number of hydrazine groups is 1. The van der Waals surface area contributed by atoms with Crippen molar-refractivity contribution in [2.75, 3.05) is 19.9 Å². The summed E-state index contributed by atoms with van der Waals surface area (Å²) >= 11 is 0. The Bertz CT molecular complexity index is 1350. The fraction of sp³-hybridized carbons (Fsp3) is 0.444. The molecule has 0 spiro atoms. The van der Waals surface area contributed by atoms with Crippen LogP contribution >= 0.6 is 0 Å². The van der Waals surface area contributed by atoms with Crippen molar-refractivity contribution < 1.29 is 38.6 Å². The van der Waals surface area contributed by atoms with Gasteiger partial charge >= 0.3 is 18.0 Å². The highest BCUT2D eigenvalue weighted by atomic mass is 16.7. The minimum Gasteiger partial charge on any atom is -0.481 e. The lowest BCUT2D eigenvalue weighted by Crippen LogP contribution is -2.45.